The zero-order valence-corrected chi connectivity index (χ0v) is 9.80. The van der Waals surface area contributed by atoms with Crippen LogP contribution in [0.25, 0.3) is 0 Å². The van der Waals surface area contributed by atoms with Gasteiger partial charge in [0, 0.05) is 32.6 Å². The van der Waals surface area contributed by atoms with E-state index < -0.39 is 6.10 Å². The summed E-state index contributed by atoms with van der Waals surface area (Å²) in [6, 6.07) is 0. The molecule has 1 fully saturated rings. The van der Waals surface area contributed by atoms with E-state index in [0.717, 1.165) is 0 Å². The molecular formula is C11H18O5. The van der Waals surface area contributed by atoms with Crippen molar-refractivity contribution in [1.29, 1.82) is 0 Å². The normalized spacial score (nSPS) is 34.2. The maximum absolute atomic E-state index is 10.9. The van der Waals surface area contributed by atoms with Gasteiger partial charge in [0.15, 0.2) is 0 Å². The minimum atomic E-state index is -0.609. The summed E-state index contributed by atoms with van der Waals surface area (Å²) in [6.07, 6.45) is -0.503. The molecule has 1 rings (SSSR count). The van der Waals surface area contributed by atoms with Crippen LogP contribution in [0.3, 0.4) is 0 Å². The first-order valence-corrected chi connectivity index (χ1v) is 5.42. The minimum Gasteiger partial charge on any atom is -0.462 e. The second kappa shape index (κ2) is 5.30. The third-order valence-electron chi connectivity index (χ3n) is 2.84. The maximum Gasteiger partial charge on any atom is 0.302 e. The number of carbonyl (C=O) groups is 2. The van der Waals surface area contributed by atoms with E-state index in [-0.39, 0.29) is 30.1 Å². The van der Waals surface area contributed by atoms with Gasteiger partial charge in [0.25, 0.3) is 0 Å². The highest BCUT2D eigenvalue weighted by atomic mass is 16.6. The number of ether oxygens (including phenoxy) is 2. The molecule has 0 heterocycles. The molecule has 0 radical (unpaired) electrons. The standard InChI is InChI=1S/C11H18O5/c1-6-10(14)4-9(15-7(2)12)5-11(6)16-8(3)13/h6,9-11,14H,4-5H2,1-3H3/t6?,9-,10?,11+/m1/s1. The fraction of sp³-hybridized carbons (Fsp3) is 0.818. The summed E-state index contributed by atoms with van der Waals surface area (Å²) in [7, 11) is 0. The molecule has 0 saturated heterocycles. The van der Waals surface area contributed by atoms with Crippen LogP contribution in [0.1, 0.15) is 33.6 Å². The van der Waals surface area contributed by atoms with Crippen LogP contribution in [-0.2, 0) is 19.1 Å². The Labute approximate surface area is 94.7 Å². The molecule has 0 aromatic carbocycles. The first kappa shape index (κ1) is 13.0. The second-order valence-electron chi connectivity index (χ2n) is 4.28. The van der Waals surface area contributed by atoms with Gasteiger partial charge >= 0.3 is 11.9 Å². The summed E-state index contributed by atoms with van der Waals surface area (Å²) in [5.41, 5.74) is 0. The molecule has 2 unspecified atom stereocenters. The summed E-state index contributed by atoms with van der Waals surface area (Å²) in [5.74, 6) is -0.892. The summed E-state index contributed by atoms with van der Waals surface area (Å²) in [5, 5.41) is 9.76. The molecule has 4 atom stereocenters. The van der Waals surface area contributed by atoms with Gasteiger partial charge in [-0.25, -0.2) is 0 Å². The number of hydrogen-bond donors (Lipinski definition) is 1. The van der Waals surface area contributed by atoms with Gasteiger partial charge in [0.05, 0.1) is 6.10 Å². The van der Waals surface area contributed by atoms with E-state index in [1.165, 1.54) is 13.8 Å². The average Bonchev–Trinajstić information content (AvgIpc) is 2.11. The van der Waals surface area contributed by atoms with Gasteiger partial charge in [0.1, 0.15) is 12.2 Å². The van der Waals surface area contributed by atoms with Crippen molar-refractivity contribution in [1.82, 2.24) is 0 Å². The largest absolute Gasteiger partial charge is 0.462 e. The monoisotopic (exact) mass is 230 g/mol. The molecule has 16 heavy (non-hydrogen) atoms. The lowest BCUT2D eigenvalue weighted by atomic mass is 9.83. The van der Waals surface area contributed by atoms with E-state index in [4.69, 9.17) is 9.47 Å². The molecule has 92 valence electrons. The molecule has 1 N–H and O–H groups in total. The van der Waals surface area contributed by atoms with Gasteiger partial charge in [0.2, 0.25) is 0 Å². The highest BCUT2D eigenvalue weighted by molar-refractivity contribution is 5.66. The summed E-state index contributed by atoms with van der Waals surface area (Å²) < 4.78 is 10.1. The third kappa shape index (κ3) is 3.48. The van der Waals surface area contributed by atoms with E-state index in [1.807, 2.05) is 6.92 Å². The van der Waals surface area contributed by atoms with Crippen molar-refractivity contribution in [3.05, 3.63) is 0 Å². The predicted octanol–water partition coefficient (Wildman–Crippen LogP) is 0.641. The van der Waals surface area contributed by atoms with E-state index in [9.17, 15) is 14.7 Å². The Hall–Kier alpha value is -1.10. The Morgan fingerprint density at radius 1 is 1.12 bits per heavy atom. The smallest absolute Gasteiger partial charge is 0.302 e. The lowest BCUT2D eigenvalue weighted by Gasteiger charge is -2.36. The van der Waals surface area contributed by atoms with Crippen LogP contribution in [0, 0.1) is 5.92 Å². The van der Waals surface area contributed by atoms with Crippen LogP contribution in [-0.4, -0.2) is 35.4 Å². The van der Waals surface area contributed by atoms with Gasteiger partial charge in [-0.3, -0.25) is 9.59 Å². The van der Waals surface area contributed by atoms with Gasteiger partial charge in [-0.1, -0.05) is 6.92 Å². The van der Waals surface area contributed by atoms with E-state index in [0.29, 0.717) is 12.8 Å². The molecule has 1 saturated carbocycles. The number of aliphatic hydroxyl groups excluding tert-OH is 1. The molecular weight excluding hydrogens is 212 g/mol. The fourth-order valence-electron chi connectivity index (χ4n) is 2.00. The third-order valence-corrected chi connectivity index (χ3v) is 2.84. The molecule has 5 heteroatoms. The topological polar surface area (TPSA) is 72.8 Å². The Bertz CT molecular complexity index is 276. The Balaban J connectivity index is 2.61. The Morgan fingerprint density at radius 2 is 1.69 bits per heavy atom. The molecule has 5 nitrogen and oxygen atoms in total. The van der Waals surface area contributed by atoms with Crippen LogP contribution in [0.4, 0.5) is 0 Å². The predicted molar refractivity (Wildman–Crippen MR) is 55.5 cm³/mol. The minimum absolute atomic E-state index is 0.129. The SMILES string of the molecule is CC(=O)O[C@@H]1CC(O)C(C)[C@@H](OC(C)=O)C1. The van der Waals surface area contributed by atoms with Gasteiger partial charge in [-0.15, -0.1) is 0 Å². The van der Waals surface area contributed by atoms with Crippen molar-refractivity contribution in [2.45, 2.75) is 51.9 Å². The number of esters is 2. The molecule has 0 bridgehead atoms. The lowest BCUT2D eigenvalue weighted by Crippen LogP contribution is -2.44. The fourth-order valence-corrected chi connectivity index (χ4v) is 2.00. The zero-order valence-electron chi connectivity index (χ0n) is 9.80. The average molecular weight is 230 g/mol. The number of hydrogen-bond acceptors (Lipinski definition) is 5. The Kier molecular flexibility index (Phi) is 4.29. The first-order chi connectivity index (χ1) is 7.40. The highest BCUT2D eigenvalue weighted by Crippen LogP contribution is 2.29. The molecule has 0 amide bonds. The molecule has 0 aromatic rings. The van der Waals surface area contributed by atoms with Crippen LogP contribution in [0.5, 0.6) is 0 Å². The zero-order chi connectivity index (χ0) is 12.3. The van der Waals surface area contributed by atoms with Crippen LogP contribution in [0.15, 0.2) is 0 Å². The summed E-state index contributed by atoms with van der Waals surface area (Å²) in [6.45, 7) is 4.47. The van der Waals surface area contributed by atoms with Gasteiger partial charge < -0.3 is 14.6 Å². The summed E-state index contributed by atoms with van der Waals surface area (Å²) in [4.78, 5) is 21.7. The van der Waals surface area contributed by atoms with Crippen molar-refractivity contribution in [2.24, 2.45) is 5.92 Å². The van der Waals surface area contributed by atoms with E-state index in [1.54, 1.807) is 0 Å². The van der Waals surface area contributed by atoms with E-state index >= 15 is 0 Å². The van der Waals surface area contributed by atoms with Gasteiger partial charge in [-0.05, 0) is 0 Å². The highest BCUT2D eigenvalue weighted by Gasteiger charge is 2.37. The lowest BCUT2D eigenvalue weighted by molar-refractivity contribution is -0.166. The van der Waals surface area contributed by atoms with Crippen molar-refractivity contribution in [2.75, 3.05) is 0 Å². The Morgan fingerprint density at radius 3 is 2.19 bits per heavy atom. The number of aliphatic hydroxyl groups is 1. The van der Waals surface area contributed by atoms with Crippen LogP contribution in [0.2, 0.25) is 0 Å². The number of carbonyl (C=O) groups excluding carboxylic acids is 2. The van der Waals surface area contributed by atoms with Gasteiger partial charge in [-0.2, -0.15) is 0 Å². The van der Waals surface area contributed by atoms with Crippen molar-refractivity contribution >= 4 is 11.9 Å². The quantitative estimate of drug-likeness (QED) is 0.705. The molecule has 0 aromatic heterocycles. The molecule has 0 spiro atoms. The molecule has 1 aliphatic rings. The first-order valence-electron chi connectivity index (χ1n) is 5.42. The van der Waals surface area contributed by atoms with Crippen LogP contribution >= 0.6 is 0 Å². The number of rotatable bonds is 2. The van der Waals surface area contributed by atoms with E-state index in [2.05, 4.69) is 0 Å². The maximum atomic E-state index is 10.9. The molecule has 1 aliphatic carbocycles. The van der Waals surface area contributed by atoms with Crippen molar-refractivity contribution in [3.63, 3.8) is 0 Å². The second-order valence-corrected chi connectivity index (χ2v) is 4.28. The van der Waals surface area contributed by atoms with Crippen LogP contribution < -0.4 is 0 Å². The summed E-state index contributed by atoms with van der Waals surface area (Å²) >= 11 is 0. The van der Waals surface area contributed by atoms with Crippen molar-refractivity contribution in [3.8, 4) is 0 Å². The molecule has 0 aliphatic heterocycles. The van der Waals surface area contributed by atoms with Crippen molar-refractivity contribution < 1.29 is 24.2 Å².